The van der Waals surface area contributed by atoms with Crippen LogP contribution in [0.4, 0.5) is 0 Å². The number of hydroxylamine groups is 2. The summed E-state index contributed by atoms with van der Waals surface area (Å²) in [6.45, 7) is 3.13. The largest absolute Gasteiger partial charge is 2.00 e. The van der Waals surface area contributed by atoms with E-state index < -0.39 is 17.8 Å². The minimum absolute atomic E-state index is 0. The van der Waals surface area contributed by atoms with Gasteiger partial charge in [0.05, 0.1) is 30.0 Å². The van der Waals surface area contributed by atoms with Crippen molar-refractivity contribution in [3.8, 4) is 6.07 Å². The van der Waals surface area contributed by atoms with Crippen LogP contribution in [0.2, 0.25) is 0 Å². The molecule has 4 fully saturated rings. The number of hydrogen-bond acceptors (Lipinski definition) is 7. The van der Waals surface area contributed by atoms with Crippen molar-refractivity contribution in [3.05, 3.63) is 109 Å². The van der Waals surface area contributed by atoms with Gasteiger partial charge in [0.1, 0.15) is 0 Å². The van der Waals surface area contributed by atoms with Gasteiger partial charge in [-0.3, -0.25) is 14.4 Å². The van der Waals surface area contributed by atoms with E-state index in [1.807, 2.05) is 18.5 Å². The van der Waals surface area contributed by atoms with Crippen molar-refractivity contribution in [2.75, 3.05) is 13.1 Å². The topological polar surface area (TPSA) is 174 Å². The molecule has 60 heavy (non-hydrogen) atoms. The van der Waals surface area contributed by atoms with Crippen LogP contribution in [0.3, 0.4) is 0 Å². The standard InChI is InChI=1S/C14H10N2O4.C13H19N2O.C7H14N.2C5H9.C2H3N.CH4.2Fe/c17-12(7-9-5-6-15-8-9)20-16-13(18)10-3-1-2-4-11(10)14(16)19;16-13(9-12-5-7-14-10-12)15-8-6-11-3-1-2-4-11;8-6-5-7-3-1-2-4-7;2*1-2-4-5-3-1;1-2-3;;;/h1-6,8,15H,7H2;1,5,7,10-11,14H,2-4,6,8-9H2,(H,15,16);1,7H,2-6,8H2;2*1H,2-5H2;1H3;1H4;;/q;4*-1;;;2*+2. The second kappa shape index (κ2) is 35.0. The number of nitriles is 1. The molecule has 11 nitrogen and oxygen atoms in total. The maximum absolute atomic E-state index is 12.0. The molecule has 2 unspecified atom stereocenters. The number of aromatic nitrogens is 2. The first-order valence-electron chi connectivity index (χ1n) is 20.8. The molecule has 2 atom stereocenters. The van der Waals surface area contributed by atoms with Gasteiger partial charge >= 0.3 is 40.1 Å². The van der Waals surface area contributed by atoms with Gasteiger partial charge in [-0.05, 0) is 54.8 Å². The summed E-state index contributed by atoms with van der Waals surface area (Å²) >= 11 is 0. The number of carbonyl (C=O) groups is 4. The van der Waals surface area contributed by atoms with E-state index in [1.165, 1.54) is 115 Å². The third-order valence-corrected chi connectivity index (χ3v) is 10.1. The van der Waals surface area contributed by atoms with Crippen molar-refractivity contribution >= 4 is 23.7 Å². The minimum Gasteiger partial charge on any atom is -0.367 e. The number of nitrogens with one attached hydrogen (secondary N) is 3. The molecule has 8 rings (SSSR count). The molecule has 5 aliphatic rings. The van der Waals surface area contributed by atoms with Crippen LogP contribution in [-0.4, -0.2) is 51.8 Å². The van der Waals surface area contributed by atoms with E-state index in [-0.39, 0.29) is 65.0 Å². The predicted molar refractivity (Wildman–Crippen MR) is 230 cm³/mol. The normalized spacial score (nSPS) is 17.8. The molecule has 5 N–H and O–H groups in total. The average Bonchev–Trinajstić information content (AvgIpc) is 4.07. The van der Waals surface area contributed by atoms with E-state index in [0.29, 0.717) is 17.0 Å². The molecular formula is C47H68Fe2N6O5. The Balaban J connectivity index is 0.000000771. The van der Waals surface area contributed by atoms with E-state index in [4.69, 9.17) is 15.8 Å². The molecule has 3 amide bonds. The Morgan fingerprint density at radius 2 is 1.25 bits per heavy atom. The van der Waals surface area contributed by atoms with Gasteiger partial charge in [-0.25, -0.2) is 4.79 Å². The Bertz CT molecular complexity index is 1530. The van der Waals surface area contributed by atoms with Gasteiger partial charge in [0, 0.05) is 38.3 Å². The van der Waals surface area contributed by atoms with Gasteiger partial charge in [-0.15, -0.1) is 0 Å². The van der Waals surface area contributed by atoms with Crippen molar-refractivity contribution in [1.82, 2.24) is 20.3 Å². The smallest absolute Gasteiger partial charge is 0.367 e. The van der Waals surface area contributed by atoms with Crippen LogP contribution in [0.25, 0.3) is 0 Å². The van der Waals surface area contributed by atoms with Crippen LogP contribution in [0.5, 0.6) is 0 Å². The molecule has 0 spiro atoms. The Labute approximate surface area is 381 Å². The number of amides is 3. The summed E-state index contributed by atoms with van der Waals surface area (Å²) in [6.07, 6.45) is 38.4. The van der Waals surface area contributed by atoms with E-state index in [9.17, 15) is 19.2 Å². The van der Waals surface area contributed by atoms with Gasteiger partial charge in [0.15, 0.2) is 0 Å². The van der Waals surface area contributed by atoms with Crippen molar-refractivity contribution in [1.29, 1.82) is 5.26 Å². The number of imide groups is 1. The first-order chi connectivity index (χ1) is 27.9. The fourth-order valence-corrected chi connectivity index (χ4v) is 7.00. The second-order valence-electron chi connectivity index (χ2n) is 14.7. The summed E-state index contributed by atoms with van der Waals surface area (Å²) in [4.78, 5) is 57.8. The Morgan fingerprint density at radius 1 is 0.783 bits per heavy atom. The van der Waals surface area contributed by atoms with Crippen molar-refractivity contribution in [2.45, 2.75) is 130 Å². The SMILES string of the molecule is C.CC#N.NCCC1C[CH-]CC1.O=C(Cc1cc[nH]c1)NCCC1C[CH-]CC1.O=C(Cc1cc[nH]c1)ON1C(=O)c2ccccc2C1=O.[CH-]1CCCC1.[CH-]1CCCC1.[Fe+2].[Fe+2]. The van der Waals surface area contributed by atoms with Gasteiger partial charge in [0.2, 0.25) is 5.91 Å². The Morgan fingerprint density at radius 3 is 1.63 bits per heavy atom. The third kappa shape index (κ3) is 22.8. The molecule has 1 aliphatic heterocycles. The van der Waals surface area contributed by atoms with Crippen LogP contribution < -0.4 is 11.1 Å². The summed E-state index contributed by atoms with van der Waals surface area (Å²) < 4.78 is 0. The second-order valence-corrected chi connectivity index (χ2v) is 14.7. The van der Waals surface area contributed by atoms with Crippen LogP contribution >= 0.6 is 0 Å². The van der Waals surface area contributed by atoms with E-state index in [2.05, 4.69) is 41.0 Å². The maximum atomic E-state index is 12.0. The molecular weight excluding hydrogens is 840 g/mol. The van der Waals surface area contributed by atoms with Gasteiger partial charge < -0.3 is 51.5 Å². The van der Waals surface area contributed by atoms with Crippen molar-refractivity contribution < 1.29 is 58.2 Å². The molecule has 4 aliphatic carbocycles. The number of fused-ring (bicyclic) bond motifs is 1. The van der Waals surface area contributed by atoms with Crippen LogP contribution in [-0.2, 0) is 61.4 Å². The number of hydrogen-bond donors (Lipinski definition) is 4. The third-order valence-electron chi connectivity index (χ3n) is 10.1. The number of carbonyl (C=O) groups excluding carboxylic acids is 4. The van der Waals surface area contributed by atoms with E-state index in [0.717, 1.165) is 36.9 Å². The van der Waals surface area contributed by atoms with Crippen LogP contribution in [0.1, 0.15) is 149 Å². The zero-order chi connectivity index (χ0) is 40.9. The maximum Gasteiger partial charge on any atom is 2.00 e. The quantitative estimate of drug-likeness (QED) is 0.0891. The van der Waals surface area contributed by atoms with E-state index in [1.54, 1.807) is 36.7 Å². The van der Waals surface area contributed by atoms with Crippen molar-refractivity contribution in [2.24, 2.45) is 17.6 Å². The molecule has 0 radical (unpaired) electrons. The molecule has 0 bridgehead atoms. The molecule has 13 heteroatoms. The Kier molecular flexibility index (Phi) is 32.9. The zero-order valence-corrected chi connectivity index (χ0v) is 36.8. The number of nitrogens with zero attached hydrogens (tertiary/aromatic N) is 2. The summed E-state index contributed by atoms with van der Waals surface area (Å²) in [5.74, 6) is -0.0470. The molecule has 3 heterocycles. The summed E-state index contributed by atoms with van der Waals surface area (Å²) in [7, 11) is 0. The first kappa shape index (κ1) is 56.3. The van der Waals surface area contributed by atoms with Crippen LogP contribution in [0, 0.1) is 48.9 Å². The first-order valence-corrected chi connectivity index (χ1v) is 20.8. The monoisotopic (exact) mass is 908 g/mol. The minimum atomic E-state index is -0.667. The summed E-state index contributed by atoms with van der Waals surface area (Å²) in [5, 5.41) is 10.8. The molecule has 3 aromatic rings. The Hall–Kier alpha value is -3.65. The number of rotatable bonds is 10. The fraction of sp³-hybridized carbons (Fsp3) is 0.511. The number of nitrogens with two attached hydrogens (primary N) is 1. The number of H-pyrrole nitrogens is 2. The van der Waals surface area contributed by atoms with Gasteiger partial charge in [-0.2, -0.15) is 56.6 Å². The number of benzene rings is 1. The summed E-state index contributed by atoms with van der Waals surface area (Å²) in [6, 6.07) is 11.7. The molecule has 2 aromatic heterocycles. The average molecular weight is 909 g/mol. The van der Waals surface area contributed by atoms with Gasteiger partial charge in [-0.1, -0.05) is 75.0 Å². The predicted octanol–water partition coefficient (Wildman–Crippen LogP) is 9.41. The molecule has 4 saturated carbocycles. The molecule has 0 saturated heterocycles. The number of aromatic amines is 2. The van der Waals surface area contributed by atoms with Crippen LogP contribution in [0.15, 0.2) is 61.2 Å². The zero-order valence-electron chi connectivity index (χ0n) is 34.6. The van der Waals surface area contributed by atoms with E-state index >= 15 is 0 Å². The molecule has 332 valence electrons. The molecule has 1 aromatic carbocycles. The fourth-order valence-electron chi connectivity index (χ4n) is 7.00. The van der Waals surface area contributed by atoms with Crippen molar-refractivity contribution in [3.63, 3.8) is 0 Å². The van der Waals surface area contributed by atoms with Gasteiger partial charge in [0.25, 0.3) is 11.8 Å². The summed E-state index contributed by atoms with van der Waals surface area (Å²) in [5.41, 5.74) is 7.64.